The van der Waals surface area contributed by atoms with Crippen LogP contribution in [0.5, 0.6) is 0 Å². The predicted octanol–water partition coefficient (Wildman–Crippen LogP) is 4.09. The fourth-order valence-corrected chi connectivity index (χ4v) is 3.49. The summed E-state index contributed by atoms with van der Waals surface area (Å²) in [6.07, 6.45) is 0.918. The molecule has 0 spiro atoms. The Morgan fingerprint density at radius 2 is 1.77 bits per heavy atom. The third kappa shape index (κ3) is 6.46. The highest BCUT2D eigenvalue weighted by atomic mass is 127. The Bertz CT molecular complexity index is 1020. The van der Waals surface area contributed by atoms with Crippen molar-refractivity contribution in [3.8, 4) is 0 Å². The van der Waals surface area contributed by atoms with Crippen LogP contribution in [0.4, 0.5) is 0 Å². The van der Waals surface area contributed by atoms with Gasteiger partial charge in [-0.15, -0.1) is 24.0 Å². The van der Waals surface area contributed by atoms with Crippen molar-refractivity contribution in [2.75, 3.05) is 27.2 Å². The van der Waals surface area contributed by atoms with Gasteiger partial charge in [0.2, 0.25) is 0 Å². The second-order valence-corrected chi connectivity index (χ2v) is 7.54. The highest BCUT2D eigenvalue weighted by Gasteiger charge is 2.09. The number of nitrogens with zero attached hydrogens (tertiary/aromatic N) is 2. The molecule has 0 radical (unpaired) electrons. The van der Waals surface area contributed by atoms with Gasteiger partial charge in [0.05, 0.1) is 6.54 Å². The van der Waals surface area contributed by atoms with Crippen molar-refractivity contribution in [2.24, 2.45) is 4.99 Å². The summed E-state index contributed by atoms with van der Waals surface area (Å²) in [4.78, 5) is 21.7. The molecule has 0 aliphatic carbocycles. The van der Waals surface area contributed by atoms with Gasteiger partial charge in [-0.25, -0.2) is 4.99 Å². The molecule has 3 rings (SSSR count). The highest BCUT2D eigenvalue weighted by molar-refractivity contribution is 14.0. The van der Waals surface area contributed by atoms with E-state index in [1.165, 1.54) is 22.2 Å². The van der Waals surface area contributed by atoms with Crippen LogP contribution in [0.15, 0.2) is 53.5 Å². The zero-order valence-corrected chi connectivity index (χ0v) is 21.0. The highest BCUT2D eigenvalue weighted by Crippen LogP contribution is 2.21. The Balaban J connectivity index is 0.00000341. The maximum Gasteiger partial charge on any atom is 0.253 e. The van der Waals surface area contributed by atoms with Crippen molar-refractivity contribution in [3.05, 3.63) is 70.9 Å². The smallest absolute Gasteiger partial charge is 0.253 e. The number of aromatic nitrogens is 1. The molecule has 0 bridgehead atoms. The average molecular weight is 533 g/mol. The minimum absolute atomic E-state index is 0. The van der Waals surface area contributed by atoms with E-state index in [-0.39, 0.29) is 29.9 Å². The fourth-order valence-electron chi connectivity index (χ4n) is 3.49. The van der Waals surface area contributed by atoms with E-state index in [1.54, 1.807) is 19.0 Å². The van der Waals surface area contributed by atoms with Gasteiger partial charge in [-0.1, -0.05) is 30.3 Å². The summed E-state index contributed by atoms with van der Waals surface area (Å²) in [6, 6.07) is 16.0. The molecule has 0 saturated heterocycles. The number of para-hydroxylation sites is 1. The van der Waals surface area contributed by atoms with E-state index in [9.17, 15) is 4.79 Å². The first-order valence-electron chi connectivity index (χ1n) is 10.4. The first-order valence-corrected chi connectivity index (χ1v) is 10.4. The number of halogens is 1. The minimum atomic E-state index is 0. The molecular formula is C24H32IN5O. The number of aryl methyl sites for hydroxylation is 1. The molecule has 166 valence electrons. The molecule has 6 nitrogen and oxygen atoms in total. The van der Waals surface area contributed by atoms with Gasteiger partial charge in [0.15, 0.2) is 5.96 Å². The summed E-state index contributed by atoms with van der Waals surface area (Å²) in [7, 11) is 3.51. The van der Waals surface area contributed by atoms with Crippen molar-refractivity contribution in [3.63, 3.8) is 0 Å². The summed E-state index contributed by atoms with van der Waals surface area (Å²) < 4.78 is 0. The maximum atomic E-state index is 12.0. The molecule has 0 saturated carbocycles. The monoisotopic (exact) mass is 533 g/mol. The topological polar surface area (TPSA) is 72.5 Å². The van der Waals surface area contributed by atoms with Gasteiger partial charge in [0, 0.05) is 49.3 Å². The molecule has 0 unspecified atom stereocenters. The molecule has 0 aliphatic rings. The number of rotatable bonds is 7. The largest absolute Gasteiger partial charge is 0.358 e. The first kappa shape index (κ1) is 24.7. The predicted molar refractivity (Wildman–Crippen MR) is 139 cm³/mol. The molecular weight excluding hydrogens is 501 g/mol. The van der Waals surface area contributed by atoms with Gasteiger partial charge in [-0.2, -0.15) is 0 Å². The summed E-state index contributed by atoms with van der Waals surface area (Å²) in [6.45, 7) is 6.33. The van der Waals surface area contributed by atoms with Crippen LogP contribution in [0.1, 0.15) is 34.1 Å². The van der Waals surface area contributed by atoms with Crippen molar-refractivity contribution in [2.45, 2.75) is 26.8 Å². The van der Waals surface area contributed by atoms with E-state index in [1.807, 2.05) is 24.3 Å². The summed E-state index contributed by atoms with van der Waals surface area (Å²) in [5, 5.41) is 8.01. The third-order valence-corrected chi connectivity index (χ3v) is 5.07. The molecule has 31 heavy (non-hydrogen) atoms. The zero-order valence-electron chi connectivity index (χ0n) is 18.7. The van der Waals surface area contributed by atoms with Crippen molar-refractivity contribution >= 4 is 46.7 Å². The van der Waals surface area contributed by atoms with Gasteiger partial charge in [0.1, 0.15) is 0 Å². The lowest BCUT2D eigenvalue weighted by Gasteiger charge is -2.12. The first-order chi connectivity index (χ1) is 14.5. The van der Waals surface area contributed by atoms with Crippen LogP contribution in [-0.4, -0.2) is 48.9 Å². The van der Waals surface area contributed by atoms with Crippen LogP contribution in [0, 0.1) is 6.92 Å². The molecule has 0 atom stereocenters. The van der Waals surface area contributed by atoms with Gasteiger partial charge in [0.25, 0.3) is 5.91 Å². The van der Waals surface area contributed by atoms with E-state index in [4.69, 9.17) is 0 Å². The Kier molecular flexibility index (Phi) is 9.36. The zero-order chi connectivity index (χ0) is 21.5. The van der Waals surface area contributed by atoms with Crippen molar-refractivity contribution < 1.29 is 4.79 Å². The van der Waals surface area contributed by atoms with E-state index in [0.29, 0.717) is 12.1 Å². The molecule has 1 aromatic heterocycles. The minimum Gasteiger partial charge on any atom is -0.358 e. The van der Waals surface area contributed by atoms with Gasteiger partial charge < -0.3 is 20.5 Å². The number of amides is 1. The number of H-pyrrole nitrogens is 1. The number of carbonyl (C=O) groups excluding carboxylic acids is 1. The lowest BCUT2D eigenvalue weighted by atomic mass is 10.1. The Morgan fingerprint density at radius 1 is 1.06 bits per heavy atom. The van der Waals surface area contributed by atoms with Crippen LogP contribution < -0.4 is 10.6 Å². The second-order valence-electron chi connectivity index (χ2n) is 7.54. The lowest BCUT2D eigenvalue weighted by Crippen LogP contribution is -2.38. The van der Waals surface area contributed by atoms with E-state index in [0.717, 1.165) is 31.0 Å². The Morgan fingerprint density at radius 3 is 2.45 bits per heavy atom. The SMILES string of the molecule is CCNC(=NCc1ccc(C(=O)N(C)C)cc1)NCCc1c(C)[nH]c2ccccc12.I. The standard InChI is InChI=1S/C24H31N5O.HI/c1-5-25-24(27-16-18-10-12-19(13-11-18)23(30)29(3)4)26-15-14-20-17(2)28-22-9-7-6-8-21(20)22;/h6-13,28H,5,14-16H2,1-4H3,(H2,25,26,27);1H. The summed E-state index contributed by atoms with van der Waals surface area (Å²) in [5.41, 5.74) is 5.49. The number of benzene rings is 2. The average Bonchev–Trinajstić information content (AvgIpc) is 3.07. The summed E-state index contributed by atoms with van der Waals surface area (Å²) >= 11 is 0. The van der Waals surface area contributed by atoms with E-state index in [2.05, 4.69) is 58.7 Å². The van der Waals surface area contributed by atoms with Gasteiger partial charge in [-0.3, -0.25) is 4.79 Å². The van der Waals surface area contributed by atoms with Crippen LogP contribution >= 0.6 is 24.0 Å². The fraction of sp³-hybridized carbons (Fsp3) is 0.333. The van der Waals surface area contributed by atoms with E-state index >= 15 is 0 Å². The molecule has 7 heteroatoms. The molecule has 1 heterocycles. The maximum absolute atomic E-state index is 12.0. The van der Waals surface area contributed by atoms with Crippen LogP contribution in [-0.2, 0) is 13.0 Å². The van der Waals surface area contributed by atoms with Crippen LogP contribution in [0.3, 0.4) is 0 Å². The molecule has 0 fully saturated rings. The Hall–Kier alpha value is -2.55. The number of carbonyl (C=O) groups is 1. The number of aliphatic imine (C=N–C) groups is 1. The third-order valence-electron chi connectivity index (χ3n) is 5.07. The molecule has 3 N–H and O–H groups in total. The quantitative estimate of drug-likeness (QED) is 0.244. The normalized spacial score (nSPS) is 11.2. The number of fused-ring (bicyclic) bond motifs is 1. The van der Waals surface area contributed by atoms with Crippen LogP contribution in [0.25, 0.3) is 10.9 Å². The van der Waals surface area contributed by atoms with Crippen molar-refractivity contribution in [1.29, 1.82) is 0 Å². The molecule has 1 amide bonds. The van der Waals surface area contributed by atoms with Crippen LogP contribution in [0.2, 0.25) is 0 Å². The molecule has 2 aromatic carbocycles. The van der Waals surface area contributed by atoms with Gasteiger partial charge >= 0.3 is 0 Å². The lowest BCUT2D eigenvalue weighted by molar-refractivity contribution is 0.0827. The molecule has 3 aromatic rings. The molecule has 0 aliphatic heterocycles. The number of nitrogens with one attached hydrogen (secondary N) is 3. The number of hydrogen-bond donors (Lipinski definition) is 3. The number of guanidine groups is 1. The number of aromatic amines is 1. The second kappa shape index (κ2) is 11.7. The van der Waals surface area contributed by atoms with E-state index < -0.39 is 0 Å². The van der Waals surface area contributed by atoms with Crippen molar-refractivity contribution in [1.82, 2.24) is 20.5 Å². The van der Waals surface area contributed by atoms with Gasteiger partial charge in [-0.05, 0) is 49.6 Å². The summed E-state index contributed by atoms with van der Waals surface area (Å²) in [5.74, 6) is 0.802. The Labute approximate surface area is 201 Å². The number of hydrogen-bond acceptors (Lipinski definition) is 2.